The molecule has 10 heteroatoms. The third-order valence-electron chi connectivity index (χ3n) is 4.04. The van der Waals surface area contributed by atoms with Crippen molar-refractivity contribution in [2.24, 2.45) is 0 Å². The summed E-state index contributed by atoms with van der Waals surface area (Å²) in [5.41, 5.74) is 0. The predicted molar refractivity (Wildman–Crippen MR) is 106 cm³/mol. The second-order valence-electron chi connectivity index (χ2n) is 6.86. The van der Waals surface area contributed by atoms with E-state index in [1.165, 1.54) is 44.9 Å². The van der Waals surface area contributed by atoms with Gasteiger partial charge in [0.1, 0.15) is 0 Å². The average molecular weight is 469 g/mol. The Hall–Kier alpha value is 0.850. The number of carboxylic acids is 2. The Morgan fingerprint density at radius 1 is 0.667 bits per heavy atom. The van der Waals surface area contributed by atoms with Crippen molar-refractivity contribution in [1.29, 1.82) is 0 Å². The van der Waals surface area contributed by atoms with Crippen molar-refractivity contribution in [3.8, 4) is 0 Å². The first-order valence-electron chi connectivity index (χ1n) is 10.5. The van der Waals surface area contributed by atoms with Crippen LogP contribution in [0.1, 0.15) is 104 Å². The summed E-state index contributed by atoms with van der Waals surface area (Å²) in [4.78, 5) is 19.0. The second kappa shape index (κ2) is 27.9. The van der Waals surface area contributed by atoms with E-state index in [-0.39, 0.29) is 64.9 Å². The molecule has 0 unspecified atom stereocenters. The monoisotopic (exact) mass is 468 g/mol. The average Bonchev–Trinajstić information content (AvgIpc) is 2.62. The molecular weight excluding hydrogens is 430 g/mol. The summed E-state index contributed by atoms with van der Waals surface area (Å²) in [6, 6.07) is 0. The molecule has 0 amide bonds. The van der Waals surface area contributed by atoms with Crippen molar-refractivity contribution in [3.63, 3.8) is 0 Å². The van der Waals surface area contributed by atoms with E-state index >= 15 is 0 Å². The molecule has 0 saturated heterocycles. The maximum absolute atomic E-state index is 11.6. The molecule has 0 aliphatic rings. The van der Waals surface area contributed by atoms with Crippen molar-refractivity contribution in [2.75, 3.05) is 12.4 Å². The van der Waals surface area contributed by atoms with Gasteiger partial charge in [0.25, 0.3) is 10.1 Å². The molecule has 168 valence electrons. The SMILES string of the molecule is CCCCCCCCOS(=O)(=O)CCCCCCCC.O=C([O-])CCC(=O)[O-].[Na+].[Na+]. The number of hydrogen-bond acceptors (Lipinski definition) is 7. The van der Waals surface area contributed by atoms with E-state index in [1.54, 1.807) is 0 Å². The molecule has 0 N–H and O–H groups in total. The quantitative estimate of drug-likeness (QED) is 0.115. The first kappa shape index (κ1) is 38.1. The zero-order chi connectivity index (χ0) is 21.7. The van der Waals surface area contributed by atoms with Gasteiger partial charge in [-0.3, -0.25) is 4.18 Å². The Morgan fingerprint density at radius 3 is 1.43 bits per heavy atom. The minimum Gasteiger partial charge on any atom is -0.550 e. The van der Waals surface area contributed by atoms with Crippen LogP contribution in [0.25, 0.3) is 0 Å². The van der Waals surface area contributed by atoms with Gasteiger partial charge < -0.3 is 19.8 Å². The first-order valence-corrected chi connectivity index (χ1v) is 12.1. The number of rotatable bonds is 18. The molecule has 0 aromatic heterocycles. The van der Waals surface area contributed by atoms with Crippen LogP contribution in [0.4, 0.5) is 0 Å². The van der Waals surface area contributed by atoms with E-state index in [1.807, 2.05) is 0 Å². The topological polar surface area (TPSA) is 124 Å². The molecule has 0 aliphatic carbocycles. The number of hydrogen-bond donors (Lipinski definition) is 0. The van der Waals surface area contributed by atoms with Crippen molar-refractivity contribution in [1.82, 2.24) is 0 Å². The molecule has 0 radical (unpaired) electrons. The summed E-state index contributed by atoms with van der Waals surface area (Å²) >= 11 is 0. The summed E-state index contributed by atoms with van der Waals surface area (Å²) < 4.78 is 28.3. The van der Waals surface area contributed by atoms with Gasteiger partial charge in [-0.15, -0.1) is 0 Å². The fraction of sp³-hybridized carbons (Fsp3) is 0.900. The Balaban J connectivity index is -0.000000288. The number of unbranched alkanes of at least 4 members (excludes halogenated alkanes) is 10. The summed E-state index contributed by atoms with van der Waals surface area (Å²) in [5, 5.41) is 19.0. The van der Waals surface area contributed by atoms with Crippen molar-refractivity contribution in [2.45, 2.75) is 104 Å². The molecule has 0 fully saturated rings. The molecule has 7 nitrogen and oxygen atoms in total. The smallest absolute Gasteiger partial charge is 0.550 e. The standard InChI is InChI=1S/C16H34O3S.C4H6O4.2Na/c1-3-5-7-9-11-13-15-19-20(17,18)16-14-12-10-8-6-4-2;5-3(6)1-2-4(7)8;;/h3-16H2,1-2H3;1-2H2,(H,5,6)(H,7,8);;/q;;2*+1/p-2. The van der Waals surface area contributed by atoms with Gasteiger partial charge in [0.05, 0.1) is 12.4 Å². The van der Waals surface area contributed by atoms with E-state index in [2.05, 4.69) is 13.8 Å². The van der Waals surface area contributed by atoms with Crippen LogP contribution in [0.2, 0.25) is 0 Å². The molecule has 0 bridgehead atoms. The van der Waals surface area contributed by atoms with E-state index in [9.17, 15) is 28.2 Å². The van der Waals surface area contributed by atoms with E-state index in [0.29, 0.717) is 6.61 Å². The molecule has 0 atom stereocenters. The number of aliphatic carboxylic acids is 2. The van der Waals surface area contributed by atoms with E-state index < -0.39 is 34.9 Å². The zero-order valence-corrected chi connectivity index (χ0v) is 24.4. The molecule has 0 rings (SSSR count). The predicted octanol–water partition coefficient (Wildman–Crippen LogP) is -3.67. The molecule has 0 aliphatic heterocycles. The number of carboxylic acid groups (broad SMARTS) is 2. The largest absolute Gasteiger partial charge is 1.00 e. The van der Waals surface area contributed by atoms with Crippen LogP contribution in [-0.2, 0) is 23.9 Å². The molecule has 0 aromatic rings. The van der Waals surface area contributed by atoms with Crippen LogP contribution in [-0.4, -0.2) is 32.7 Å². The normalized spacial score (nSPS) is 10.2. The molecule has 0 heterocycles. The van der Waals surface area contributed by atoms with E-state index in [4.69, 9.17) is 4.18 Å². The second-order valence-corrected chi connectivity index (χ2v) is 8.62. The number of carbonyl (C=O) groups is 2. The minimum absolute atomic E-state index is 0. The van der Waals surface area contributed by atoms with Crippen LogP contribution in [0, 0.1) is 0 Å². The minimum atomic E-state index is -3.27. The first-order chi connectivity index (χ1) is 13.2. The van der Waals surface area contributed by atoms with Gasteiger partial charge in [-0.1, -0.05) is 78.1 Å². The van der Waals surface area contributed by atoms with Crippen molar-refractivity contribution >= 4 is 22.1 Å². The van der Waals surface area contributed by atoms with Gasteiger partial charge in [-0.05, 0) is 25.7 Å². The Labute approximate surface area is 227 Å². The van der Waals surface area contributed by atoms with Crippen LogP contribution in [0.3, 0.4) is 0 Å². The maximum atomic E-state index is 11.6. The van der Waals surface area contributed by atoms with E-state index in [0.717, 1.165) is 32.1 Å². The fourth-order valence-electron chi connectivity index (χ4n) is 2.39. The Kier molecular flexibility index (Phi) is 35.4. The summed E-state index contributed by atoms with van der Waals surface area (Å²) in [5.74, 6) is -2.54. The Bertz CT molecular complexity index is 472. The summed E-state index contributed by atoms with van der Waals surface area (Å²) in [6.07, 6.45) is 12.5. The molecule has 0 spiro atoms. The third-order valence-corrected chi connectivity index (χ3v) is 5.36. The van der Waals surface area contributed by atoms with Crippen LogP contribution >= 0.6 is 0 Å². The summed E-state index contributed by atoms with van der Waals surface area (Å²) in [7, 11) is -3.27. The van der Waals surface area contributed by atoms with Gasteiger partial charge in [0.15, 0.2) is 0 Å². The molecule has 0 saturated carbocycles. The van der Waals surface area contributed by atoms with Crippen molar-refractivity contribution in [3.05, 3.63) is 0 Å². The van der Waals surface area contributed by atoms with Crippen LogP contribution in [0.15, 0.2) is 0 Å². The molecular formula is C20H38Na2O7S. The summed E-state index contributed by atoms with van der Waals surface area (Å²) in [6.45, 7) is 4.74. The Morgan fingerprint density at radius 2 is 1.03 bits per heavy atom. The maximum Gasteiger partial charge on any atom is 1.00 e. The van der Waals surface area contributed by atoms with Crippen LogP contribution < -0.4 is 69.3 Å². The number of carbonyl (C=O) groups excluding carboxylic acids is 2. The van der Waals surface area contributed by atoms with Crippen molar-refractivity contribution < 1.29 is 91.5 Å². The molecule has 0 aromatic carbocycles. The van der Waals surface area contributed by atoms with Gasteiger partial charge in [0, 0.05) is 11.9 Å². The third kappa shape index (κ3) is 36.2. The zero-order valence-electron chi connectivity index (χ0n) is 19.6. The van der Waals surface area contributed by atoms with Gasteiger partial charge in [0.2, 0.25) is 0 Å². The molecule has 30 heavy (non-hydrogen) atoms. The van der Waals surface area contributed by atoms with Crippen LogP contribution in [0.5, 0.6) is 0 Å². The fourth-order valence-corrected chi connectivity index (χ4v) is 3.44. The van der Waals surface area contributed by atoms with Gasteiger partial charge in [-0.25, -0.2) is 0 Å². The van der Waals surface area contributed by atoms with Gasteiger partial charge in [-0.2, -0.15) is 8.42 Å². The van der Waals surface area contributed by atoms with Gasteiger partial charge >= 0.3 is 59.1 Å².